The first-order valence-electron chi connectivity index (χ1n) is 6.78. The maximum absolute atomic E-state index is 12.5. The molecular formula is C15H20N2O. The summed E-state index contributed by atoms with van der Waals surface area (Å²) in [6, 6.07) is 6.64. The smallest absolute Gasteiger partial charge is 0.244 e. The number of nitrogens with one attached hydrogen (secondary N) is 1. The fourth-order valence-corrected chi connectivity index (χ4v) is 3.16. The normalized spacial score (nSPS) is 27.4. The van der Waals surface area contributed by atoms with Crippen molar-refractivity contribution in [3.63, 3.8) is 0 Å². The molecule has 0 bridgehead atoms. The summed E-state index contributed by atoms with van der Waals surface area (Å²) in [6.45, 7) is 6.03. The van der Waals surface area contributed by atoms with Crippen LogP contribution in [0.3, 0.4) is 0 Å². The van der Waals surface area contributed by atoms with Crippen molar-refractivity contribution >= 4 is 5.91 Å². The summed E-state index contributed by atoms with van der Waals surface area (Å²) in [5, 5.41) is 3.43. The van der Waals surface area contributed by atoms with Crippen molar-refractivity contribution in [2.45, 2.75) is 38.8 Å². The predicted octanol–water partition coefficient (Wildman–Crippen LogP) is 1.94. The van der Waals surface area contributed by atoms with Gasteiger partial charge in [-0.15, -0.1) is 0 Å². The van der Waals surface area contributed by atoms with Crippen molar-refractivity contribution in [2.75, 3.05) is 13.1 Å². The predicted molar refractivity (Wildman–Crippen MR) is 71.4 cm³/mol. The molecule has 3 heteroatoms. The van der Waals surface area contributed by atoms with Crippen LogP contribution in [0, 0.1) is 13.8 Å². The number of carbonyl (C=O) groups excluding carboxylic acids is 1. The average molecular weight is 244 g/mol. The Morgan fingerprint density at radius 2 is 2.17 bits per heavy atom. The Kier molecular flexibility index (Phi) is 2.86. The van der Waals surface area contributed by atoms with Gasteiger partial charge < -0.3 is 10.2 Å². The molecule has 1 N–H and O–H groups in total. The van der Waals surface area contributed by atoms with Crippen LogP contribution in [0.1, 0.15) is 35.6 Å². The zero-order valence-corrected chi connectivity index (χ0v) is 11.1. The maximum atomic E-state index is 12.5. The molecule has 2 aliphatic rings. The molecule has 18 heavy (non-hydrogen) atoms. The number of nitrogens with zero attached hydrogens (tertiary/aromatic N) is 1. The van der Waals surface area contributed by atoms with E-state index in [-0.39, 0.29) is 11.9 Å². The van der Waals surface area contributed by atoms with Crippen molar-refractivity contribution in [3.8, 4) is 0 Å². The summed E-state index contributed by atoms with van der Waals surface area (Å²) in [7, 11) is 0. The van der Waals surface area contributed by atoms with E-state index in [1.165, 1.54) is 11.1 Å². The average Bonchev–Trinajstić information content (AvgIpc) is 2.82. The number of rotatable bonds is 1. The summed E-state index contributed by atoms with van der Waals surface area (Å²) in [6.07, 6.45) is 2.30. The van der Waals surface area contributed by atoms with Crippen LogP contribution in [-0.2, 0) is 4.79 Å². The van der Waals surface area contributed by atoms with E-state index >= 15 is 0 Å². The van der Waals surface area contributed by atoms with Gasteiger partial charge in [0.05, 0.1) is 0 Å². The minimum atomic E-state index is -0.140. The Hall–Kier alpha value is -1.35. The first-order valence-corrected chi connectivity index (χ1v) is 6.78. The molecule has 0 spiro atoms. The number of hydrogen-bond donors (Lipinski definition) is 1. The second-order valence-electron chi connectivity index (χ2n) is 5.53. The number of benzene rings is 1. The highest BCUT2D eigenvalue weighted by atomic mass is 16.2. The molecule has 2 saturated heterocycles. The van der Waals surface area contributed by atoms with Gasteiger partial charge in [-0.25, -0.2) is 0 Å². The standard InChI is InChI=1S/C15H20N2O/c1-10-5-6-11(2)13(8-10)14-15(18)17-7-3-4-12(17)9-16-14/h5-6,8,12,14,16H,3-4,7,9H2,1-2H3. The molecule has 0 aromatic heterocycles. The molecule has 1 amide bonds. The Balaban J connectivity index is 1.92. The van der Waals surface area contributed by atoms with Crippen molar-refractivity contribution in [2.24, 2.45) is 0 Å². The van der Waals surface area contributed by atoms with Crippen LogP contribution < -0.4 is 5.32 Å². The van der Waals surface area contributed by atoms with Crippen LogP contribution in [0.15, 0.2) is 18.2 Å². The van der Waals surface area contributed by atoms with E-state index in [1.807, 2.05) is 0 Å². The maximum Gasteiger partial charge on any atom is 0.244 e. The molecule has 0 aliphatic carbocycles. The second-order valence-corrected chi connectivity index (χ2v) is 5.53. The van der Waals surface area contributed by atoms with Crippen LogP contribution in [0.25, 0.3) is 0 Å². The highest BCUT2D eigenvalue weighted by molar-refractivity contribution is 5.85. The van der Waals surface area contributed by atoms with Gasteiger partial charge in [0.1, 0.15) is 6.04 Å². The lowest BCUT2D eigenvalue weighted by Gasteiger charge is -2.36. The Labute approximate surface area is 108 Å². The van der Waals surface area contributed by atoms with Crippen LogP contribution in [0.4, 0.5) is 0 Å². The van der Waals surface area contributed by atoms with Crippen LogP contribution >= 0.6 is 0 Å². The summed E-state index contributed by atoms with van der Waals surface area (Å²) >= 11 is 0. The molecule has 1 aromatic rings. The van der Waals surface area contributed by atoms with Gasteiger partial charge in [0.25, 0.3) is 0 Å². The summed E-state index contributed by atoms with van der Waals surface area (Å²) in [5.74, 6) is 0.262. The minimum Gasteiger partial charge on any atom is -0.337 e. The Morgan fingerprint density at radius 1 is 1.33 bits per heavy atom. The summed E-state index contributed by atoms with van der Waals surface area (Å²) in [5.41, 5.74) is 3.56. The molecular weight excluding hydrogens is 224 g/mol. The molecule has 0 saturated carbocycles. The lowest BCUT2D eigenvalue weighted by Crippen LogP contribution is -2.53. The first kappa shape index (κ1) is 11.7. The molecule has 0 radical (unpaired) electrons. The molecule has 3 nitrogen and oxygen atoms in total. The Morgan fingerprint density at radius 3 is 3.00 bits per heavy atom. The van der Waals surface area contributed by atoms with Crippen LogP contribution in [-0.4, -0.2) is 29.9 Å². The van der Waals surface area contributed by atoms with Crippen molar-refractivity contribution in [1.82, 2.24) is 10.2 Å². The van der Waals surface area contributed by atoms with E-state index in [1.54, 1.807) is 0 Å². The minimum absolute atomic E-state index is 0.140. The van der Waals surface area contributed by atoms with Gasteiger partial charge in [0, 0.05) is 19.1 Å². The number of amides is 1. The molecule has 3 rings (SSSR count). The monoisotopic (exact) mass is 244 g/mol. The lowest BCUT2D eigenvalue weighted by atomic mass is 9.96. The van der Waals surface area contributed by atoms with Gasteiger partial charge in [-0.3, -0.25) is 4.79 Å². The van der Waals surface area contributed by atoms with E-state index < -0.39 is 0 Å². The third-order valence-electron chi connectivity index (χ3n) is 4.21. The van der Waals surface area contributed by atoms with Crippen LogP contribution in [0.5, 0.6) is 0 Å². The molecule has 2 unspecified atom stereocenters. The lowest BCUT2D eigenvalue weighted by molar-refractivity contribution is -0.137. The highest BCUT2D eigenvalue weighted by Gasteiger charge is 2.38. The van der Waals surface area contributed by atoms with E-state index in [0.29, 0.717) is 6.04 Å². The Bertz CT molecular complexity index is 483. The number of aryl methyl sites for hydroxylation is 2. The van der Waals surface area contributed by atoms with Crippen molar-refractivity contribution in [3.05, 3.63) is 34.9 Å². The van der Waals surface area contributed by atoms with Crippen molar-refractivity contribution in [1.29, 1.82) is 0 Å². The molecule has 96 valence electrons. The topological polar surface area (TPSA) is 32.3 Å². The van der Waals surface area contributed by atoms with Gasteiger partial charge in [-0.05, 0) is 37.8 Å². The number of fused-ring (bicyclic) bond motifs is 1. The van der Waals surface area contributed by atoms with Gasteiger partial charge in [0.2, 0.25) is 5.91 Å². The van der Waals surface area contributed by atoms with Crippen LogP contribution in [0.2, 0.25) is 0 Å². The quantitative estimate of drug-likeness (QED) is 0.819. The highest BCUT2D eigenvalue weighted by Crippen LogP contribution is 2.29. The number of hydrogen-bond acceptors (Lipinski definition) is 2. The first-order chi connectivity index (χ1) is 8.66. The summed E-state index contributed by atoms with van der Waals surface area (Å²) in [4.78, 5) is 14.6. The van der Waals surface area contributed by atoms with E-state index in [0.717, 1.165) is 31.5 Å². The van der Waals surface area contributed by atoms with Gasteiger partial charge in [0.15, 0.2) is 0 Å². The molecule has 2 atom stereocenters. The van der Waals surface area contributed by atoms with Gasteiger partial charge in [-0.2, -0.15) is 0 Å². The van der Waals surface area contributed by atoms with E-state index in [2.05, 4.69) is 42.3 Å². The zero-order chi connectivity index (χ0) is 12.7. The second kappa shape index (κ2) is 4.39. The third-order valence-corrected chi connectivity index (χ3v) is 4.21. The van der Waals surface area contributed by atoms with Gasteiger partial charge >= 0.3 is 0 Å². The van der Waals surface area contributed by atoms with Crippen molar-refractivity contribution < 1.29 is 4.79 Å². The summed E-state index contributed by atoms with van der Waals surface area (Å²) < 4.78 is 0. The molecule has 2 fully saturated rings. The SMILES string of the molecule is Cc1ccc(C)c(C2NCC3CCCN3C2=O)c1. The zero-order valence-electron chi connectivity index (χ0n) is 11.1. The van der Waals surface area contributed by atoms with E-state index in [9.17, 15) is 4.79 Å². The number of carbonyl (C=O) groups is 1. The van der Waals surface area contributed by atoms with Gasteiger partial charge in [-0.1, -0.05) is 23.8 Å². The largest absolute Gasteiger partial charge is 0.337 e. The molecule has 2 heterocycles. The van der Waals surface area contributed by atoms with E-state index in [4.69, 9.17) is 0 Å². The fraction of sp³-hybridized carbons (Fsp3) is 0.533. The molecule has 1 aromatic carbocycles. The third kappa shape index (κ3) is 1.83. The molecule has 2 aliphatic heterocycles. The fourth-order valence-electron chi connectivity index (χ4n) is 3.16. The number of piperazine rings is 1.